The number of unbranched alkanes of at least 4 members (excludes halogenated alkanes) is 23. The average molecular weight is 934 g/mol. The molecule has 65 heavy (non-hydrogen) atoms. The Morgan fingerprint density at radius 2 is 0.954 bits per heavy atom. The summed E-state index contributed by atoms with van der Waals surface area (Å²) in [5.41, 5.74) is 0. The van der Waals surface area contributed by atoms with E-state index in [0.717, 1.165) is 64.2 Å². The molecule has 9 nitrogen and oxygen atoms in total. The fourth-order valence-corrected chi connectivity index (χ4v) is 8.02. The van der Waals surface area contributed by atoms with E-state index in [1.807, 2.05) is 33.3 Å². The van der Waals surface area contributed by atoms with Gasteiger partial charge in [-0.15, -0.1) is 0 Å². The number of quaternary nitrogens is 1. The minimum absolute atomic E-state index is 0.0314. The zero-order chi connectivity index (χ0) is 48.0. The van der Waals surface area contributed by atoms with Crippen LogP contribution in [0.1, 0.15) is 226 Å². The monoisotopic (exact) mass is 934 g/mol. The highest BCUT2D eigenvalue weighted by Gasteiger charge is 2.30. The summed E-state index contributed by atoms with van der Waals surface area (Å²) < 4.78 is 30.4. The molecule has 0 aromatic heterocycles. The van der Waals surface area contributed by atoms with Crippen LogP contribution in [0.3, 0.4) is 0 Å². The third-order valence-corrected chi connectivity index (χ3v) is 12.4. The van der Waals surface area contributed by atoms with E-state index in [0.29, 0.717) is 23.9 Å². The standard InChI is InChI=1S/C55H101N2O7P/c1-7-10-13-16-19-22-25-26-27-28-29-30-33-36-39-42-45-48-55(59)64-53(46-43-40-37-34-31-23-20-17-14-11-8-2)52(51-63-65(60,61)62-50-49-57(4,5)6)56-54(58)47-44-41-38-35-32-24-21-18-15-12-9-3/h19,22,26-27,29-30,36,39,43,46,52-53H,7-18,20-21,23-25,28,31-35,37-38,40-42,44-45,47-51H2,1-6H3,(H-,56,58,60,61)/p+1/b22-19-,27-26-,30-29-,39-36-,46-43+. The number of nitrogens with zero attached hydrogens (tertiary/aromatic N) is 1. The lowest BCUT2D eigenvalue weighted by Gasteiger charge is -2.27. The Bertz CT molecular complexity index is 1300. The summed E-state index contributed by atoms with van der Waals surface area (Å²) in [5, 5.41) is 3.02. The fourth-order valence-electron chi connectivity index (χ4n) is 7.28. The van der Waals surface area contributed by atoms with Gasteiger partial charge in [0.25, 0.3) is 0 Å². The molecule has 0 fully saturated rings. The number of hydrogen-bond donors (Lipinski definition) is 2. The Morgan fingerprint density at radius 3 is 1.46 bits per heavy atom. The van der Waals surface area contributed by atoms with Crippen LogP contribution < -0.4 is 5.32 Å². The number of nitrogens with one attached hydrogen (secondary N) is 1. The highest BCUT2D eigenvalue weighted by atomic mass is 31.2. The number of likely N-dealkylation sites (N-methyl/N-ethyl adjacent to an activating group) is 1. The highest BCUT2D eigenvalue weighted by Crippen LogP contribution is 2.43. The first-order valence-corrected chi connectivity index (χ1v) is 28.1. The smallest absolute Gasteiger partial charge is 0.456 e. The molecule has 0 saturated carbocycles. The molecule has 1 amide bonds. The molecule has 0 aliphatic heterocycles. The van der Waals surface area contributed by atoms with E-state index in [1.165, 1.54) is 122 Å². The zero-order valence-electron chi connectivity index (χ0n) is 43.0. The van der Waals surface area contributed by atoms with Gasteiger partial charge in [0.2, 0.25) is 5.91 Å². The number of ether oxygens (including phenoxy) is 1. The molecule has 0 heterocycles. The Kier molecular flexibility index (Phi) is 43.9. The van der Waals surface area contributed by atoms with Crippen molar-refractivity contribution in [3.63, 3.8) is 0 Å². The number of amides is 1. The van der Waals surface area contributed by atoms with Crippen LogP contribution in [0, 0.1) is 0 Å². The van der Waals surface area contributed by atoms with Crippen molar-refractivity contribution >= 4 is 19.7 Å². The van der Waals surface area contributed by atoms with Crippen LogP contribution in [0.2, 0.25) is 0 Å². The molecule has 2 N–H and O–H groups in total. The number of carbonyl (C=O) groups is 2. The Hall–Kier alpha value is -2.29. The summed E-state index contributed by atoms with van der Waals surface area (Å²) in [5.74, 6) is -0.572. The molecular formula is C55H102N2O7P+. The maximum Gasteiger partial charge on any atom is 0.472 e. The summed E-state index contributed by atoms with van der Waals surface area (Å²) in [6.07, 6.45) is 55.1. The van der Waals surface area contributed by atoms with Crippen molar-refractivity contribution in [1.82, 2.24) is 5.32 Å². The topological polar surface area (TPSA) is 111 Å². The van der Waals surface area contributed by atoms with Crippen LogP contribution in [0.25, 0.3) is 0 Å². The number of phosphoric ester groups is 1. The highest BCUT2D eigenvalue weighted by molar-refractivity contribution is 7.47. The van der Waals surface area contributed by atoms with E-state index < -0.39 is 20.0 Å². The van der Waals surface area contributed by atoms with Crippen molar-refractivity contribution in [3.05, 3.63) is 60.8 Å². The fraction of sp³-hybridized carbons (Fsp3) is 0.782. The number of rotatable bonds is 47. The molecule has 378 valence electrons. The molecule has 3 atom stereocenters. The van der Waals surface area contributed by atoms with E-state index in [4.69, 9.17) is 13.8 Å². The summed E-state index contributed by atoms with van der Waals surface area (Å²) in [4.78, 5) is 37.4. The summed E-state index contributed by atoms with van der Waals surface area (Å²) in [7, 11) is 1.46. The molecule has 0 aliphatic rings. The van der Waals surface area contributed by atoms with Crippen molar-refractivity contribution in [3.8, 4) is 0 Å². The molecule has 0 aromatic carbocycles. The second kappa shape index (κ2) is 45.5. The average Bonchev–Trinajstić information content (AvgIpc) is 3.26. The molecule has 0 radical (unpaired) electrons. The van der Waals surface area contributed by atoms with Crippen LogP contribution in [0.4, 0.5) is 0 Å². The maximum absolute atomic E-state index is 13.4. The van der Waals surface area contributed by atoms with Crippen LogP contribution >= 0.6 is 7.82 Å². The van der Waals surface area contributed by atoms with Gasteiger partial charge in [-0.05, 0) is 70.3 Å². The minimum atomic E-state index is -4.45. The Morgan fingerprint density at radius 1 is 0.538 bits per heavy atom. The first kappa shape index (κ1) is 62.7. The Labute approximate surface area is 401 Å². The van der Waals surface area contributed by atoms with Gasteiger partial charge in [-0.1, -0.05) is 204 Å². The summed E-state index contributed by atoms with van der Waals surface area (Å²) in [6, 6.07) is -0.866. The second-order valence-electron chi connectivity index (χ2n) is 19.1. The summed E-state index contributed by atoms with van der Waals surface area (Å²) in [6.45, 7) is 6.92. The van der Waals surface area contributed by atoms with Gasteiger partial charge in [-0.25, -0.2) is 4.57 Å². The van der Waals surface area contributed by atoms with Crippen LogP contribution in [0.15, 0.2) is 60.8 Å². The lowest BCUT2D eigenvalue weighted by molar-refractivity contribution is -0.870. The lowest BCUT2D eigenvalue weighted by atomic mass is 10.0. The zero-order valence-corrected chi connectivity index (χ0v) is 43.9. The first-order valence-electron chi connectivity index (χ1n) is 26.6. The molecule has 10 heteroatoms. The van der Waals surface area contributed by atoms with Gasteiger partial charge in [0.1, 0.15) is 19.3 Å². The van der Waals surface area contributed by atoms with Crippen molar-refractivity contribution < 1.29 is 37.3 Å². The Balaban J connectivity index is 5.47. The molecule has 0 spiro atoms. The van der Waals surface area contributed by atoms with Gasteiger partial charge in [-0.3, -0.25) is 18.6 Å². The van der Waals surface area contributed by atoms with Gasteiger partial charge in [0, 0.05) is 12.8 Å². The molecule has 3 unspecified atom stereocenters. The molecule has 0 aromatic rings. The molecule has 0 aliphatic carbocycles. The van der Waals surface area contributed by atoms with E-state index in [1.54, 1.807) is 0 Å². The second-order valence-corrected chi connectivity index (χ2v) is 20.5. The number of carbonyl (C=O) groups excluding carboxylic acids is 2. The predicted octanol–water partition coefficient (Wildman–Crippen LogP) is 15.5. The number of phosphoric acid groups is 1. The van der Waals surface area contributed by atoms with E-state index in [-0.39, 0.29) is 31.5 Å². The van der Waals surface area contributed by atoms with Crippen LogP contribution in [-0.4, -0.2) is 74.3 Å². The van der Waals surface area contributed by atoms with Crippen molar-refractivity contribution in [2.45, 2.75) is 238 Å². The minimum Gasteiger partial charge on any atom is -0.456 e. The predicted molar refractivity (Wildman–Crippen MR) is 277 cm³/mol. The SMILES string of the molecule is CCCCC/C=C\C/C=C\C/C=C\C/C=C\CCCC(=O)OC(/C=C/CCCCCCCCCCC)C(COP(=O)(O)OCC[N+](C)(C)C)NC(=O)CCCCCCCCCCCCC. The molecular weight excluding hydrogens is 832 g/mol. The van der Waals surface area contributed by atoms with Crippen molar-refractivity contribution in [2.75, 3.05) is 40.9 Å². The van der Waals surface area contributed by atoms with Gasteiger partial charge >= 0.3 is 13.8 Å². The lowest BCUT2D eigenvalue weighted by Crippen LogP contribution is -2.47. The van der Waals surface area contributed by atoms with Crippen molar-refractivity contribution in [2.24, 2.45) is 0 Å². The number of hydrogen-bond acceptors (Lipinski definition) is 6. The van der Waals surface area contributed by atoms with Crippen molar-refractivity contribution in [1.29, 1.82) is 0 Å². The first-order chi connectivity index (χ1) is 31.4. The van der Waals surface area contributed by atoms with Crippen LogP contribution in [0.5, 0.6) is 0 Å². The van der Waals surface area contributed by atoms with E-state index in [2.05, 4.69) is 74.7 Å². The van der Waals surface area contributed by atoms with Gasteiger partial charge in [-0.2, -0.15) is 0 Å². The third kappa shape index (κ3) is 46.6. The van der Waals surface area contributed by atoms with Gasteiger partial charge in [0.05, 0.1) is 33.8 Å². The normalized spacial score (nSPS) is 14.4. The molecule has 0 bridgehead atoms. The summed E-state index contributed by atoms with van der Waals surface area (Å²) >= 11 is 0. The van der Waals surface area contributed by atoms with Gasteiger partial charge in [0.15, 0.2) is 0 Å². The largest absolute Gasteiger partial charge is 0.472 e. The van der Waals surface area contributed by atoms with E-state index >= 15 is 0 Å². The van der Waals surface area contributed by atoms with Gasteiger partial charge < -0.3 is 19.4 Å². The molecule has 0 rings (SSSR count). The van der Waals surface area contributed by atoms with Crippen LogP contribution in [-0.2, 0) is 27.9 Å². The number of esters is 1. The maximum atomic E-state index is 13.4. The quantitative estimate of drug-likeness (QED) is 0.0206. The number of allylic oxidation sites excluding steroid dienone is 9. The third-order valence-electron chi connectivity index (χ3n) is 11.5. The molecule has 0 saturated heterocycles. The van der Waals surface area contributed by atoms with E-state index in [9.17, 15) is 19.0 Å².